The Morgan fingerprint density at radius 3 is 2.46 bits per heavy atom. The molecule has 0 bridgehead atoms. The van der Waals surface area contributed by atoms with Crippen LogP contribution in [0.4, 0.5) is 10.1 Å². The molecule has 136 valence electrons. The van der Waals surface area contributed by atoms with Crippen molar-refractivity contribution in [2.24, 2.45) is 5.92 Å². The molecule has 2 aromatic carbocycles. The number of amides is 2. The predicted octanol–water partition coefficient (Wildman–Crippen LogP) is 3.47. The van der Waals surface area contributed by atoms with Gasteiger partial charge in [0.1, 0.15) is 5.82 Å². The molecule has 5 heteroatoms. The Bertz CT molecular complexity index is 797. The normalized spacial score (nSPS) is 16.8. The third-order valence-electron chi connectivity index (χ3n) is 4.66. The monoisotopic (exact) mass is 354 g/mol. The van der Waals surface area contributed by atoms with Crippen molar-refractivity contribution in [2.45, 2.75) is 26.7 Å². The van der Waals surface area contributed by atoms with Gasteiger partial charge in [-0.15, -0.1) is 0 Å². The quantitative estimate of drug-likeness (QED) is 0.894. The summed E-state index contributed by atoms with van der Waals surface area (Å²) in [5, 5.41) is 2.93. The number of nitrogens with zero attached hydrogens (tertiary/aromatic N) is 1. The molecular weight excluding hydrogens is 331 g/mol. The fraction of sp³-hybridized carbons (Fsp3) is 0.333. The van der Waals surface area contributed by atoms with Crippen molar-refractivity contribution in [3.05, 3.63) is 65.0 Å². The molecule has 1 heterocycles. The number of rotatable bonds is 5. The third-order valence-corrected chi connectivity index (χ3v) is 4.66. The molecule has 1 N–H and O–H groups in total. The van der Waals surface area contributed by atoms with Gasteiger partial charge in [0.25, 0.3) is 0 Å². The Morgan fingerprint density at radius 2 is 1.81 bits per heavy atom. The molecule has 1 saturated heterocycles. The lowest BCUT2D eigenvalue weighted by Gasteiger charge is -2.17. The summed E-state index contributed by atoms with van der Waals surface area (Å²) in [6, 6.07) is 12.2. The largest absolute Gasteiger partial charge is 0.342 e. The Labute approximate surface area is 153 Å². The van der Waals surface area contributed by atoms with E-state index < -0.39 is 0 Å². The fourth-order valence-corrected chi connectivity index (χ4v) is 3.37. The van der Waals surface area contributed by atoms with Gasteiger partial charge in [0.15, 0.2) is 0 Å². The summed E-state index contributed by atoms with van der Waals surface area (Å²) in [7, 11) is 0. The second-order valence-electron chi connectivity index (χ2n) is 6.98. The van der Waals surface area contributed by atoms with Crippen LogP contribution in [0, 0.1) is 25.6 Å². The topological polar surface area (TPSA) is 49.4 Å². The van der Waals surface area contributed by atoms with Crippen LogP contribution < -0.4 is 5.32 Å². The Balaban J connectivity index is 1.56. The van der Waals surface area contributed by atoms with Gasteiger partial charge in [-0.3, -0.25) is 9.59 Å². The molecular formula is C21H23FN2O2. The zero-order valence-corrected chi connectivity index (χ0v) is 15.1. The molecule has 0 saturated carbocycles. The van der Waals surface area contributed by atoms with Crippen molar-refractivity contribution in [3.8, 4) is 0 Å². The summed E-state index contributed by atoms with van der Waals surface area (Å²) in [5.74, 6) is -0.731. The van der Waals surface area contributed by atoms with Gasteiger partial charge in [-0.25, -0.2) is 4.39 Å². The van der Waals surface area contributed by atoms with Crippen LogP contribution in [-0.2, 0) is 16.0 Å². The molecule has 0 aromatic heterocycles. The second kappa shape index (κ2) is 7.68. The molecule has 4 nitrogen and oxygen atoms in total. The van der Waals surface area contributed by atoms with Crippen molar-refractivity contribution in [2.75, 3.05) is 18.4 Å². The standard InChI is InChI=1S/C21H23FN2O2/c1-14-9-15(2)11-19(10-14)23-21(26)17-12-20(25)24(13-17)8-7-16-3-5-18(22)6-4-16/h3-6,9-11,17H,7-8,12-13H2,1-2H3,(H,23,26)/t17-/m1/s1. The maximum absolute atomic E-state index is 12.9. The number of anilines is 1. The lowest BCUT2D eigenvalue weighted by Crippen LogP contribution is -2.30. The molecule has 0 radical (unpaired) electrons. The highest BCUT2D eigenvalue weighted by Crippen LogP contribution is 2.21. The number of carbonyl (C=O) groups is 2. The summed E-state index contributed by atoms with van der Waals surface area (Å²) >= 11 is 0. The maximum atomic E-state index is 12.9. The van der Waals surface area contributed by atoms with Gasteiger partial charge in [-0.1, -0.05) is 18.2 Å². The number of halogens is 1. The van der Waals surface area contributed by atoms with E-state index >= 15 is 0 Å². The van der Waals surface area contributed by atoms with E-state index in [-0.39, 0.29) is 30.0 Å². The molecule has 1 atom stereocenters. The van der Waals surface area contributed by atoms with E-state index in [0.29, 0.717) is 19.5 Å². The number of aryl methyl sites for hydroxylation is 2. The first-order valence-corrected chi connectivity index (χ1v) is 8.82. The van der Waals surface area contributed by atoms with E-state index in [4.69, 9.17) is 0 Å². The van der Waals surface area contributed by atoms with Gasteiger partial charge < -0.3 is 10.2 Å². The minimum atomic E-state index is -0.337. The lowest BCUT2D eigenvalue weighted by atomic mass is 10.1. The van der Waals surface area contributed by atoms with Crippen LogP contribution in [0.5, 0.6) is 0 Å². The highest BCUT2D eigenvalue weighted by Gasteiger charge is 2.34. The molecule has 0 unspecified atom stereocenters. The van der Waals surface area contributed by atoms with E-state index in [1.807, 2.05) is 32.0 Å². The molecule has 0 aliphatic carbocycles. The van der Waals surface area contributed by atoms with Crippen LogP contribution in [-0.4, -0.2) is 29.8 Å². The number of likely N-dealkylation sites (tertiary alicyclic amines) is 1. The number of carbonyl (C=O) groups excluding carboxylic acids is 2. The Hall–Kier alpha value is -2.69. The van der Waals surface area contributed by atoms with Gasteiger partial charge >= 0.3 is 0 Å². The van der Waals surface area contributed by atoms with Crippen LogP contribution in [0.15, 0.2) is 42.5 Å². The lowest BCUT2D eigenvalue weighted by molar-refractivity contribution is -0.128. The van der Waals surface area contributed by atoms with Crippen molar-refractivity contribution < 1.29 is 14.0 Å². The SMILES string of the molecule is Cc1cc(C)cc(NC(=O)[C@@H]2CC(=O)N(CCc3ccc(F)cc3)C2)c1. The zero-order valence-electron chi connectivity index (χ0n) is 15.1. The van der Waals surface area contributed by atoms with Crippen LogP contribution in [0.2, 0.25) is 0 Å². The predicted molar refractivity (Wildman–Crippen MR) is 99.3 cm³/mol. The van der Waals surface area contributed by atoms with Gasteiger partial charge in [-0.2, -0.15) is 0 Å². The van der Waals surface area contributed by atoms with E-state index in [2.05, 4.69) is 5.32 Å². The first-order valence-electron chi connectivity index (χ1n) is 8.82. The van der Waals surface area contributed by atoms with Crippen molar-refractivity contribution >= 4 is 17.5 Å². The zero-order chi connectivity index (χ0) is 18.7. The molecule has 0 spiro atoms. The molecule has 26 heavy (non-hydrogen) atoms. The van der Waals surface area contributed by atoms with E-state index in [0.717, 1.165) is 22.4 Å². The number of benzene rings is 2. The van der Waals surface area contributed by atoms with Gasteiger partial charge in [0.2, 0.25) is 11.8 Å². The summed E-state index contributed by atoms with van der Waals surface area (Å²) in [6.07, 6.45) is 0.886. The molecule has 2 aromatic rings. The van der Waals surface area contributed by atoms with Crippen LogP contribution >= 0.6 is 0 Å². The minimum Gasteiger partial charge on any atom is -0.342 e. The first-order chi connectivity index (χ1) is 12.4. The summed E-state index contributed by atoms with van der Waals surface area (Å²) in [5.41, 5.74) is 3.92. The molecule has 3 rings (SSSR count). The molecule has 1 aliphatic heterocycles. The van der Waals surface area contributed by atoms with E-state index in [9.17, 15) is 14.0 Å². The number of hydrogen-bond acceptors (Lipinski definition) is 2. The Morgan fingerprint density at radius 1 is 1.15 bits per heavy atom. The van der Waals surface area contributed by atoms with Crippen molar-refractivity contribution in [1.29, 1.82) is 0 Å². The number of hydrogen-bond donors (Lipinski definition) is 1. The highest BCUT2D eigenvalue weighted by atomic mass is 19.1. The average molecular weight is 354 g/mol. The Kier molecular flexibility index (Phi) is 5.35. The van der Waals surface area contributed by atoms with Crippen LogP contribution in [0.1, 0.15) is 23.1 Å². The van der Waals surface area contributed by atoms with Crippen LogP contribution in [0.3, 0.4) is 0 Å². The van der Waals surface area contributed by atoms with E-state index in [1.54, 1.807) is 17.0 Å². The summed E-state index contributed by atoms with van der Waals surface area (Å²) in [4.78, 5) is 26.4. The van der Waals surface area contributed by atoms with E-state index in [1.165, 1.54) is 12.1 Å². The van der Waals surface area contributed by atoms with Gasteiger partial charge in [-0.05, 0) is 61.2 Å². The highest BCUT2D eigenvalue weighted by molar-refractivity contribution is 5.97. The minimum absolute atomic E-state index is 0.00677. The number of nitrogens with one attached hydrogen (secondary N) is 1. The van der Waals surface area contributed by atoms with Crippen molar-refractivity contribution in [3.63, 3.8) is 0 Å². The molecule has 1 fully saturated rings. The van der Waals surface area contributed by atoms with Crippen molar-refractivity contribution in [1.82, 2.24) is 4.90 Å². The third kappa shape index (κ3) is 4.48. The molecule has 1 aliphatic rings. The first kappa shape index (κ1) is 18.1. The smallest absolute Gasteiger partial charge is 0.229 e. The summed E-state index contributed by atoms with van der Waals surface area (Å²) in [6.45, 7) is 4.94. The van der Waals surface area contributed by atoms with Gasteiger partial charge in [0, 0.05) is 25.2 Å². The van der Waals surface area contributed by atoms with Crippen LogP contribution in [0.25, 0.3) is 0 Å². The second-order valence-corrected chi connectivity index (χ2v) is 6.98. The molecule has 2 amide bonds. The summed E-state index contributed by atoms with van der Waals surface area (Å²) < 4.78 is 12.9. The maximum Gasteiger partial charge on any atom is 0.229 e. The van der Waals surface area contributed by atoms with Gasteiger partial charge in [0.05, 0.1) is 5.92 Å². The fourth-order valence-electron chi connectivity index (χ4n) is 3.37. The average Bonchev–Trinajstić information content (AvgIpc) is 2.94.